The van der Waals surface area contributed by atoms with Crippen molar-refractivity contribution in [3.63, 3.8) is 0 Å². The van der Waals surface area contributed by atoms with Gasteiger partial charge in [0.1, 0.15) is 5.75 Å². The summed E-state index contributed by atoms with van der Waals surface area (Å²) >= 11 is 10.7. The lowest BCUT2D eigenvalue weighted by molar-refractivity contribution is -0.113. The number of amides is 1. The number of benzene rings is 2. The van der Waals surface area contributed by atoms with Crippen molar-refractivity contribution < 1.29 is 9.53 Å². The van der Waals surface area contributed by atoms with Gasteiger partial charge >= 0.3 is 0 Å². The lowest BCUT2D eigenvalue weighted by atomic mass is 10.2. The first-order chi connectivity index (χ1) is 14.9. The van der Waals surface area contributed by atoms with Crippen molar-refractivity contribution in [2.75, 3.05) is 11.1 Å². The number of ether oxygens (including phenoxy) is 1. The van der Waals surface area contributed by atoms with Gasteiger partial charge in [0.15, 0.2) is 17.1 Å². The van der Waals surface area contributed by atoms with Crippen LogP contribution in [0.3, 0.4) is 0 Å². The van der Waals surface area contributed by atoms with E-state index in [1.807, 2.05) is 30.5 Å². The number of anilines is 1. The summed E-state index contributed by atoms with van der Waals surface area (Å²) in [6, 6.07) is 13.3. The molecule has 1 N–H and O–H groups in total. The molecule has 0 unspecified atom stereocenters. The fourth-order valence-corrected chi connectivity index (χ4v) is 4.27. The van der Waals surface area contributed by atoms with Crippen LogP contribution < -0.4 is 10.1 Å². The number of nitrogens with one attached hydrogen (secondary N) is 1. The summed E-state index contributed by atoms with van der Waals surface area (Å²) < 4.78 is 8.76. The smallest absolute Gasteiger partial charge is 0.234 e. The van der Waals surface area contributed by atoms with E-state index in [2.05, 4.69) is 50.5 Å². The third kappa shape index (κ3) is 6.24. The SMILES string of the molecule is CCc1ccc(O[C@H](C)c2nnc(SCC(=O)Nc3ccc(Cl)c(Br)c3)n2CC)cc1. The van der Waals surface area contributed by atoms with E-state index in [0.29, 0.717) is 22.4 Å². The molecule has 0 radical (unpaired) electrons. The number of hydrogen-bond donors (Lipinski definition) is 1. The molecule has 31 heavy (non-hydrogen) atoms. The molecule has 0 aliphatic heterocycles. The second-order valence-electron chi connectivity index (χ2n) is 6.81. The van der Waals surface area contributed by atoms with Crippen LogP contribution in [0.2, 0.25) is 5.02 Å². The predicted octanol–water partition coefficient (Wildman–Crippen LogP) is 6.15. The Kier molecular flexibility index (Phi) is 8.40. The summed E-state index contributed by atoms with van der Waals surface area (Å²) in [6.07, 6.45) is 0.721. The molecule has 0 aliphatic carbocycles. The lowest BCUT2D eigenvalue weighted by Crippen LogP contribution is -2.15. The van der Waals surface area contributed by atoms with Crippen molar-refractivity contribution in [1.82, 2.24) is 14.8 Å². The van der Waals surface area contributed by atoms with Crippen molar-refractivity contribution in [3.05, 3.63) is 63.3 Å². The number of nitrogens with zero attached hydrogens (tertiary/aromatic N) is 3. The van der Waals surface area contributed by atoms with Crippen LogP contribution in [0.5, 0.6) is 5.75 Å². The maximum absolute atomic E-state index is 12.4. The van der Waals surface area contributed by atoms with E-state index < -0.39 is 0 Å². The lowest BCUT2D eigenvalue weighted by Gasteiger charge is -2.16. The second-order valence-corrected chi connectivity index (χ2v) is 9.01. The second kappa shape index (κ2) is 11.0. The van der Waals surface area contributed by atoms with Gasteiger partial charge in [-0.05, 0) is 72.1 Å². The van der Waals surface area contributed by atoms with Crippen molar-refractivity contribution in [3.8, 4) is 5.75 Å². The number of aromatic nitrogens is 3. The van der Waals surface area contributed by atoms with E-state index in [-0.39, 0.29) is 17.8 Å². The Balaban J connectivity index is 1.61. The van der Waals surface area contributed by atoms with Gasteiger partial charge in [-0.2, -0.15) is 0 Å². The van der Waals surface area contributed by atoms with Crippen molar-refractivity contribution >= 4 is 50.9 Å². The molecule has 9 heteroatoms. The minimum Gasteiger partial charge on any atom is -0.483 e. The maximum atomic E-state index is 12.4. The van der Waals surface area contributed by atoms with Gasteiger partial charge in [0.25, 0.3) is 0 Å². The number of rotatable bonds is 9. The topological polar surface area (TPSA) is 69.0 Å². The predicted molar refractivity (Wildman–Crippen MR) is 129 cm³/mol. The van der Waals surface area contributed by atoms with Crippen LogP contribution in [-0.2, 0) is 17.8 Å². The molecule has 2 aromatic carbocycles. The van der Waals surface area contributed by atoms with Gasteiger partial charge in [0, 0.05) is 16.7 Å². The minimum absolute atomic E-state index is 0.133. The van der Waals surface area contributed by atoms with Crippen LogP contribution >= 0.6 is 39.3 Å². The number of thioether (sulfide) groups is 1. The van der Waals surface area contributed by atoms with Gasteiger partial charge in [-0.3, -0.25) is 4.79 Å². The largest absolute Gasteiger partial charge is 0.483 e. The van der Waals surface area contributed by atoms with Crippen LogP contribution in [0.4, 0.5) is 5.69 Å². The van der Waals surface area contributed by atoms with Crippen molar-refractivity contribution in [2.45, 2.75) is 45.0 Å². The summed E-state index contributed by atoms with van der Waals surface area (Å²) in [5.74, 6) is 1.60. The van der Waals surface area contributed by atoms with Gasteiger partial charge in [-0.25, -0.2) is 0 Å². The number of carbonyl (C=O) groups excluding carboxylic acids is 1. The van der Waals surface area contributed by atoms with Crippen LogP contribution in [0.25, 0.3) is 0 Å². The zero-order chi connectivity index (χ0) is 22.4. The molecule has 0 aliphatic rings. The summed E-state index contributed by atoms with van der Waals surface area (Å²) in [5, 5.41) is 12.7. The summed E-state index contributed by atoms with van der Waals surface area (Å²) in [5.41, 5.74) is 1.94. The molecule has 0 bridgehead atoms. The zero-order valence-corrected chi connectivity index (χ0v) is 20.7. The highest BCUT2D eigenvalue weighted by Gasteiger charge is 2.19. The van der Waals surface area contributed by atoms with E-state index in [1.165, 1.54) is 17.3 Å². The highest BCUT2D eigenvalue weighted by Crippen LogP contribution is 2.27. The van der Waals surface area contributed by atoms with Crippen LogP contribution in [0.1, 0.15) is 38.3 Å². The van der Waals surface area contributed by atoms with Gasteiger partial charge in [0.05, 0.1) is 10.8 Å². The number of hydrogen-bond acceptors (Lipinski definition) is 5. The van der Waals surface area contributed by atoms with E-state index in [1.54, 1.807) is 18.2 Å². The number of aryl methyl sites for hydroxylation is 1. The highest BCUT2D eigenvalue weighted by molar-refractivity contribution is 9.10. The zero-order valence-electron chi connectivity index (χ0n) is 17.6. The average Bonchev–Trinajstić information content (AvgIpc) is 3.18. The molecule has 1 heterocycles. The van der Waals surface area contributed by atoms with Crippen molar-refractivity contribution in [1.29, 1.82) is 0 Å². The Morgan fingerprint density at radius 2 is 1.97 bits per heavy atom. The Hall–Kier alpha value is -2.03. The molecule has 0 fully saturated rings. The van der Waals surface area contributed by atoms with Gasteiger partial charge in [-0.15, -0.1) is 10.2 Å². The van der Waals surface area contributed by atoms with Crippen molar-refractivity contribution in [2.24, 2.45) is 0 Å². The Morgan fingerprint density at radius 3 is 2.61 bits per heavy atom. The molecule has 1 aromatic heterocycles. The molecule has 0 saturated heterocycles. The molecule has 1 amide bonds. The maximum Gasteiger partial charge on any atom is 0.234 e. The Labute approximate surface area is 199 Å². The first kappa shape index (κ1) is 23.6. The Bertz CT molecular complexity index is 1040. The van der Waals surface area contributed by atoms with Crippen LogP contribution in [0.15, 0.2) is 52.1 Å². The van der Waals surface area contributed by atoms with E-state index in [4.69, 9.17) is 16.3 Å². The summed E-state index contributed by atoms with van der Waals surface area (Å²) in [7, 11) is 0. The molecule has 1 atom stereocenters. The van der Waals surface area contributed by atoms with E-state index in [0.717, 1.165) is 22.5 Å². The van der Waals surface area contributed by atoms with E-state index in [9.17, 15) is 4.79 Å². The first-order valence-corrected chi connectivity index (χ1v) is 12.1. The van der Waals surface area contributed by atoms with Crippen LogP contribution in [-0.4, -0.2) is 26.4 Å². The molecule has 0 spiro atoms. The molecule has 164 valence electrons. The molecular weight excluding hydrogens is 500 g/mol. The van der Waals surface area contributed by atoms with Gasteiger partial charge < -0.3 is 14.6 Å². The first-order valence-electron chi connectivity index (χ1n) is 9.97. The molecule has 6 nitrogen and oxygen atoms in total. The monoisotopic (exact) mass is 522 g/mol. The minimum atomic E-state index is -0.269. The molecule has 3 aromatic rings. The normalized spacial score (nSPS) is 11.9. The molecular formula is C22H24BrClN4O2S. The summed E-state index contributed by atoms with van der Waals surface area (Å²) in [6.45, 7) is 6.77. The third-order valence-corrected chi connectivity index (χ3v) is 6.79. The van der Waals surface area contributed by atoms with Crippen LogP contribution in [0, 0.1) is 0 Å². The third-order valence-electron chi connectivity index (χ3n) is 4.61. The standard InChI is InChI=1S/C22H24BrClN4O2S/c1-4-15-6-9-17(10-7-15)30-14(3)21-26-27-22(28(21)5-2)31-13-20(29)25-16-8-11-19(24)18(23)12-16/h6-12,14H,4-5,13H2,1-3H3,(H,25,29)/t14-/m1/s1. The molecule has 0 saturated carbocycles. The fraction of sp³-hybridized carbons (Fsp3) is 0.318. The van der Waals surface area contributed by atoms with Gasteiger partial charge in [0.2, 0.25) is 5.91 Å². The number of halogens is 2. The summed E-state index contributed by atoms with van der Waals surface area (Å²) in [4.78, 5) is 12.4. The van der Waals surface area contributed by atoms with Gasteiger partial charge in [-0.1, -0.05) is 42.4 Å². The van der Waals surface area contributed by atoms with E-state index >= 15 is 0 Å². The Morgan fingerprint density at radius 1 is 1.23 bits per heavy atom. The molecule has 3 rings (SSSR count). The quantitative estimate of drug-likeness (QED) is 0.341. The fourth-order valence-electron chi connectivity index (χ4n) is 2.97. The number of carbonyl (C=O) groups is 1. The average molecular weight is 524 g/mol. The highest BCUT2D eigenvalue weighted by atomic mass is 79.9.